The third kappa shape index (κ3) is 3.47. The van der Waals surface area contributed by atoms with Crippen LogP contribution in [0.5, 0.6) is 0 Å². The van der Waals surface area contributed by atoms with Crippen molar-refractivity contribution >= 4 is 17.5 Å². The molecule has 0 radical (unpaired) electrons. The summed E-state index contributed by atoms with van der Waals surface area (Å²) in [6.45, 7) is 3.63. The Balaban J connectivity index is 2.17. The number of hydrogen-bond donors (Lipinski definition) is 2. The first-order valence-corrected chi connectivity index (χ1v) is 6.73. The van der Waals surface area contributed by atoms with E-state index in [0.29, 0.717) is 17.8 Å². The fourth-order valence-corrected chi connectivity index (χ4v) is 1.96. The average Bonchev–Trinajstić information content (AvgIpc) is 2.45. The Morgan fingerprint density at radius 2 is 2.10 bits per heavy atom. The number of rotatable bonds is 4. The van der Waals surface area contributed by atoms with Crippen molar-refractivity contribution in [3.05, 3.63) is 51.9 Å². The number of anilines is 2. The lowest BCUT2D eigenvalue weighted by atomic mass is 10.2. The standard InChI is InChI=1S/C15H18N4O2/c1-3-11-8-14(21)19(15(16)17-11)9-13(20)18-12-7-5-4-6-10(12)2/h4-8H,3,9H2,1-2H3,(H2,16,17)(H,18,20). The predicted octanol–water partition coefficient (Wildman–Crippen LogP) is 1.34. The molecule has 0 fully saturated rings. The van der Waals surface area contributed by atoms with Crippen LogP contribution >= 0.6 is 0 Å². The largest absolute Gasteiger partial charge is 0.369 e. The second kappa shape index (κ2) is 6.21. The van der Waals surface area contributed by atoms with Crippen molar-refractivity contribution < 1.29 is 4.79 Å². The highest BCUT2D eigenvalue weighted by atomic mass is 16.2. The van der Waals surface area contributed by atoms with E-state index in [-0.39, 0.29) is 24.0 Å². The van der Waals surface area contributed by atoms with Crippen LogP contribution in [-0.2, 0) is 17.8 Å². The molecule has 110 valence electrons. The minimum absolute atomic E-state index is 0.0549. The van der Waals surface area contributed by atoms with Gasteiger partial charge < -0.3 is 11.1 Å². The zero-order valence-corrected chi connectivity index (χ0v) is 12.1. The molecule has 6 heteroatoms. The molecule has 0 saturated carbocycles. The molecule has 0 aliphatic heterocycles. The van der Waals surface area contributed by atoms with Gasteiger partial charge in [-0.1, -0.05) is 25.1 Å². The van der Waals surface area contributed by atoms with Crippen molar-refractivity contribution in [2.45, 2.75) is 26.8 Å². The van der Waals surface area contributed by atoms with Gasteiger partial charge >= 0.3 is 0 Å². The van der Waals surface area contributed by atoms with Gasteiger partial charge in [0.15, 0.2) is 0 Å². The first-order valence-electron chi connectivity index (χ1n) is 6.73. The number of para-hydroxylation sites is 1. The van der Waals surface area contributed by atoms with Crippen molar-refractivity contribution in [2.75, 3.05) is 11.1 Å². The van der Waals surface area contributed by atoms with Gasteiger partial charge in [0.2, 0.25) is 11.9 Å². The summed E-state index contributed by atoms with van der Waals surface area (Å²) in [7, 11) is 0. The van der Waals surface area contributed by atoms with E-state index in [1.54, 1.807) is 6.07 Å². The Kier molecular flexibility index (Phi) is 4.37. The molecule has 3 N–H and O–H groups in total. The molecule has 0 spiro atoms. The lowest BCUT2D eigenvalue weighted by molar-refractivity contribution is -0.116. The van der Waals surface area contributed by atoms with E-state index in [2.05, 4.69) is 10.3 Å². The minimum Gasteiger partial charge on any atom is -0.369 e. The quantitative estimate of drug-likeness (QED) is 0.887. The summed E-state index contributed by atoms with van der Waals surface area (Å²) in [4.78, 5) is 28.1. The Hall–Kier alpha value is -2.63. The molecule has 1 heterocycles. The van der Waals surface area contributed by atoms with Gasteiger partial charge in [0.05, 0.1) is 0 Å². The number of carbonyl (C=O) groups is 1. The number of aryl methyl sites for hydroxylation is 2. The summed E-state index contributed by atoms with van der Waals surface area (Å²) in [5.74, 6) is -0.261. The summed E-state index contributed by atoms with van der Waals surface area (Å²) < 4.78 is 1.16. The molecule has 21 heavy (non-hydrogen) atoms. The first kappa shape index (κ1) is 14.8. The van der Waals surface area contributed by atoms with Crippen molar-refractivity contribution in [3.63, 3.8) is 0 Å². The van der Waals surface area contributed by atoms with Crippen LogP contribution in [0.4, 0.5) is 11.6 Å². The van der Waals surface area contributed by atoms with Crippen LogP contribution in [0.1, 0.15) is 18.2 Å². The number of hydrogen-bond acceptors (Lipinski definition) is 4. The van der Waals surface area contributed by atoms with Crippen LogP contribution in [0.3, 0.4) is 0 Å². The van der Waals surface area contributed by atoms with E-state index < -0.39 is 0 Å². The molecule has 0 unspecified atom stereocenters. The number of aromatic nitrogens is 2. The number of nitrogens with two attached hydrogens (primary N) is 1. The molecule has 1 aromatic carbocycles. The average molecular weight is 286 g/mol. The summed E-state index contributed by atoms with van der Waals surface area (Å²) >= 11 is 0. The number of nitrogens with zero attached hydrogens (tertiary/aromatic N) is 2. The van der Waals surface area contributed by atoms with Crippen molar-refractivity contribution in [2.24, 2.45) is 0 Å². The highest BCUT2D eigenvalue weighted by Crippen LogP contribution is 2.13. The van der Waals surface area contributed by atoms with Crippen molar-refractivity contribution in [1.82, 2.24) is 9.55 Å². The molecule has 1 amide bonds. The fourth-order valence-electron chi connectivity index (χ4n) is 1.96. The smallest absolute Gasteiger partial charge is 0.255 e. The minimum atomic E-state index is -0.320. The summed E-state index contributed by atoms with van der Waals surface area (Å²) in [6.07, 6.45) is 0.621. The SMILES string of the molecule is CCc1cc(=O)n(CC(=O)Nc2ccccc2C)c(N)n1. The zero-order valence-electron chi connectivity index (χ0n) is 12.1. The Morgan fingerprint density at radius 1 is 1.38 bits per heavy atom. The van der Waals surface area contributed by atoms with E-state index in [9.17, 15) is 9.59 Å². The van der Waals surface area contributed by atoms with Crippen LogP contribution < -0.4 is 16.6 Å². The van der Waals surface area contributed by atoms with Gasteiger partial charge in [-0.3, -0.25) is 14.2 Å². The molecule has 0 bridgehead atoms. The molecule has 0 aliphatic carbocycles. The Bertz CT molecular complexity index is 722. The molecular weight excluding hydrogens is 268 g/mol. The van der Waals surface area contributed by atoms with E-state index in [0.717, 1.165) is 10.1 Å². The molecule has 6 nitrogen and oxygen atoms in total. The van der Waals surface area contributed by atoms with Crippen LogP contribution in [-0.4, -0.2) is 15.5 Å². The van der Waals surface area contributed by atoms with E-state index in [1.807, 2.05) is 32.0 Å². The number of carbonyl (C=O) groups excluding carboxylic acids is 1. The van der Waals surface area contributed by atoms with E-state index in [4.69, 9.17) is 5.73 Å². The molecule has 1 aromatic heterocycles. The summed E-state index contributed by atoms with van der Waals surface area (Å²) in [5, 5.41) is 2.76. The molecule has 0 aliphatic rings. The highest BCUT2D eigenvalue weighted by molar-refractivity contribution is 5.91. The summed E-state index contributed by atoms with van der Waals surface area (Å²) in [6, 6.07) is 8.82. The molecule has 0 atom stereocenters. The lowest BCUT2D eigenvalue weighted by Crippen LogP contribution is -2.30. The highest BCUT2D eigenvalue weighted by Gasteiger charge is 2.10. The lowest BCUT2D eigenvalue weighted by Gasteiger charge is -2.11. The zero-order chi connectivity index (χ0) is 15.4. The number of benzene rings is 1. The number of nitrogen functional groups attached to an aromatic ring is 1. The third-order valence-electron chi connectivity index (χ3n) is 3.17. The summed E-state index contributed by atoms with van der Waals surface area (Å²) in [5.41, 5.74) is 7.70. The van der Waals surface area contributed by atoms with Crippen LogP contribution in [0, 0.1) is 6.92 Å². The van der Waals surface area contributed by atoms with E-state index in [1.165, 1.54) is 6.07 Å². The van der Waals surface area contributed by atoms with Crippen molar-refractivity contribution in [3.8, 4) is 0 Å². The molecular formula is C15H18N4O2. The number of nitrogens with one attached hydrogen (secondary N) is 1. The third-order valence-corrected chi connectivity index (χ3v) is 3.17. The van der Waals surface area contributed by atoms with Gasteiger partial charge in [0.25, 0.3) is 5.56 Å². The maximum atomic E-state index is 12.0. The Morgan fingerprint density at radius 3 is 2.71 bits per heavy atom. The normalized spacial score (nSPS) is 10.4. The second-order valence-electron chi connectivity index (χ2n) is 4.75. The Labute approximate surface area is 122 Å². The van der Waals surface area contributed by atoms with Gasteiger partial charge in [-0.25, -0.2) is 4.98 Å². The van der Waals surface area contributed by atoms with Gasteiger partial charge in [-0.05, 0) is 25.0 Å². The monoisotopic (exact) mass is 286 g/mol. The molecule has 2 rings (SSSR count). The number of amides is 1. The van der Waals surface area contributed by atoms with Gasteiger partial charge in [-0.15, -0.1) is 0 Å². The fraction of sp³-hybridized carbons (Fsp3) is 0.267. The van der Waals surface area contributed by atoms with Gasteiger partial charge in [-0.2, -0.15) is 0 Å². The maximum absolute atomic E-state index is 12.0. The van der Waals surface area contributed by atoms with Gasteiger partial charge in [0.1, 0.15) is 6.54 Å². The first-order chi connectivity index (χ1) is 10.0. The van der Waals surface area contributed by atoms with Crippen LogP contribution in [0.15, 0.2) is 35.1 Å². The van der Waals surface area contributed by atoms with Crippen LogP contribution in [0.25, 0.3) is 0 Å². The van der Waals surface area contributed by atoms with Crippen molar-refractivity contribution in [1.29, 1.82) is 0 Å². The predicted molar refractivity (Wildman–Crippen MR) is 82.1 cm³/mol. The van der Waals surface area contributed by atoms with Gasteiger partial charge in [0, 0.05) is 17.4 Å². The van der Waals surface area contributed by atoms with Crippen LogP contribution in [0.2, 0.25) is 0 Å². The maximum Gasteiger partial charge on any atom is 0.255 e. The molecule has 2 aromatic rings. The second-order valence-corrected chi connectivity index (χ2v) is 4.75. The van der Waals surface area contributed by atoms with E-state index >= 15 is 0 Å². The molecule has 0 saturated heterocycles. The topological polar surface area (TPSA) is 90.0 Å².